The molecule has 6 aromatic rings. The summed E-state index contributed by atoms with van der Waals surface area (Å²) < 4.78 is 3.99. The fraction of sp³-hybridized carbons (Fsp3) is 0.297. The second kappa shape index (κ2) is 25.1. The molecule has 0 N–H and O–H groups in total. The molecule has 0 bridgehead atoms. The van der Waals surface area contributed by atoms with Gasteiger partial charge in [-0.05, 0) is 51.1 Å². The molecule has 4 nitrogen and oxygen atoms in total. The third-order valence-electron chi connectivity index (χ3n) is 5.89. The minimum absolute atomic E-state index is 0.628. The maximum absolute atomic E-state index is 4.70. The molecule has 237 valence electrons. The first-order valence-corrected chi connectivity index (χ1v) is 24.5. The molecule has 44 heavy (non-hydrogen) atoms. The molecule has 0 amide bonds. The second-order valence-corrected chi connectivity index (χ2v) is 20.1. The van der Waals surface area contributed by atoms with Crippen molar-refractivity contribution in [1.82, 2.24) is 19.2 Å². The molecule has 0 aliphatic heterocycles. The van der Waals surface area contributed by atoms with Crippen LogP contribution in [0.1, 0.15) is 72.3 Å². The summed E-state index contributed by atoms with van der Waals surface area (Å²) in [5, 5.41) is 9.30. The van der Waals surface area contributed by atoms with Gasteiger partial charge in [-0.2, -0.15) is 10.2 Å². The van der Waals surface area contributed by atoms with Gasteiger partial charge in [0.25, 0.3) is 0 Å². The molecule has 0 atom stereocenters. The van der Waals surface area contributed by atoms with E-state index in [0.717, 1.165) is 33.9 Å². The topological polar surface area (TPSA) is 34.6 Å². The number of nitrogens with zero attached hydrogens (tertiary/aromatic N) is 4. The number of halogens is 2. The summed E-state index contributed by atoms with van der Waals surface area (Å²) in [5.41, 5.74) is 10.3. The normalized spacial score (nSPS) is 9.02. The number of rotatable bonds is 2. The maximum atomic E-state index is 4.70. The Balaban J connectivity index is 0.000000641. The van der Waals surface area contributed by atoms with Crippen LogP contribution in [0.3, 0.4) is 0 Å². The number of pyridine rings is 2. The molecule has 7 heteroatoms. The predicted octanol–water partition coefficient (Wildman–Crippen LogP) is 12.8. The molecule has 4 heterocycles. The van der Waals surface area contributed by atoms with Crippen molar-refractivity contribution in [3.63, 3.8) is 0 Å². The third-order valence-corrected chi connectivity index (χ3v) is 5.89. The molecular formula is C37H50I2N4V. The zero-order valence-electron chi connectivity index (χ0n) is 28.3. The van der Waals surface area contributed by atoms with Gasteiger partial charge in [-0.3, -0.25) is 0 Å². The van der Waals surface area contributed by atoms with Crippen LogP contribution in [-0.2, 0) is 9.47 Å². The van der Waals surface area contributed by atoms with Gasteiger partial charge in [-0.1, -0.05) is 128 Å². The number of benzene rings is 2. The Morgan fingerprint density at radius 3 is 1.45 bits per heavy atom. The summed E-state index contributed by atoms with van der Waals surface area (Å²) in [4.78, 5) is 0. The van der Waals surface area contributed by atoms with E-state index in [9.17, 15) is 0 Å². The first kappa shape index (κ1) is 41.9. The summed E-state index contributed by atoms with van der Waals surface area (Å²) >= 11 is 4.74. The van der Waals surface area contributed by atoms with Crippen molar-refractivity contribution in [1.29, 1.82) is 0 Å². The summed E-state index contributed by atoms with van der Waals surface area (Å²) in [7, 11) is 0.628. The van der Waals surface area contributed by atoms with Gasteiger partial charge in [0.1, 0.15) is 0 Å². The molecule has 0 saturated heterocycles. The fourth-order valence-corrected chi connectivity index (χ4v) is 4.10. The van der Waals surface area contributed by atoms with E-state index in [-0.39, 0.29) is 0 Å². The van der Waals surface area contributed by atoms with Crippen LogP contribution < -0.4 is 0 Å². The average Bonchev–Trinajstić information content (AvgIpc) is 3.70. The molecular weight excluding hydrogens is 805 g/mol. The van der Waals surface area contributed by atoms with E-state index >= 15 is 0 Å². The van der Waals surface area contributed by atoms with E-state index in [1.54, 1.807) is 0 Å². The Hall–Kier alpha value is -2.14. The van der Waals surface area contributed by atoms with Crippen LogP contribution in [0.4, 0.5) is 0 Å². The molecule has 0 spiro atoms. The quantitative estimate of drug-likeness (QED) is 0.163. The molecule has 0 aliphatic rings. The van der Waals surface area contributed by atoms with Crippen LogP contribution in [0.25, 0.3) is 33.5 Å². The molecule has 0 fully saturated rings. The zero-order chi connectivity index (χ0) is 33.5. The Bertz CT molecular complexity index is 1560. The minimum atomic E-state index is 0.628. The number of hydrogen-bond acceptors (Lipinski definition) is 2. The van der Waals surface area contributed by atoms with Crippen LogP contribution >= 0.6 is 40.0 Å². The fourth-order valence-electron chi connectivity index (χ4n) is 4.10. The molecule has 6 rings (SSSR count). The van der Waals surface area contributed by atoms with E-state index in [4.69, 9.17) is 5.10 Å². The molecule has 0 radical (unpaired) electrons. The first-order chi connectivity index (χ1) is 21.5. The van der Waals surface area contributed by atoms with Crippen molar-refractivity contribution < 1.29 is 9.47 Å². The number of aromatic nitrogens is 4. The molecule has 0 saturated carbocycles. The summed E-state index contributed by atoms with van der Waals surface area (Å²) in [6.07, 6.45) is 0. The van der Waals surface area contributed by atoms with Crippen molar-refractivity contribution in [3.8, 4) is 22.5 Å². The van der Waals surface area contributed by atoms with Crippen molar-refractivity contribution in [2.45, 2.75) is 76.2 Å². The summed E-state index contributed by atoms with van der Waals surface area (Å²) in [6, 6.07) is 35.2. The average molecular weight is 856 g/mol. The van der Waals surface area contributed by atoms with Crippen LogP contribution in [-0.4, -0.2) is 19.2 Å². The van der Waals surface area contributed by atoms with Crippen molar-refractivity contribution >= 4 is 51.0 Å². The van der Waals surface area contributed by atoms with Gasteiger partial charge < -0.3 is 0 Å². The Kier molecular flexibility index (Phi) is 23.9. The van der Waals surface area contributed by atoms with E-state index in [1.807, 2.05) is 101 Å². The van der Waals surface area contributed by atoms with E-state index in [1.165, 1.54) is 16.6 Å². The molecule has 2 aromatic carbocycles. The third kappa shape index (κ3) is 12.3. The van der Waals surface area contributed by atoms with Gasteiger partial charge >= 0.3 is 49.4 Å². The Morgan fingerprint density at radius 1 is 0.523 bits per heavy atom. The molecule has 0 aliphatic carbocycles. The SMILES string of the molecule is CC.CC.CC.CC.Cc1c(-c2ccccc2)nn2c(C)cccc12.Cc1cccc2cc(-c3ccccc3)nn12.[I][V][I]. The number of fused-ring (bicyclic) bond motifs is 2. The standard InChI is InChI=1S/C15H14N2.C14H12N2.4C2H6.2HI.V/c1-11-7-6-10-14-12(2)15(16-17(11)14)13-8-4-3-5-9-13;1-11-6-5-9-13-10-14(15-16(11)13)12-7-3-2-4-8-12;4*1-2;;;/h3-10H,1-2H3;2-10H,1H3;4*1-2H3;2*1H;/q;;;;;;;;+2/p-2. The Labute approximate surface area is 295 Å². The molecule has 4 aromatic heterocycles. The predicted molar refractivity (Wildman–Crippen MR) is 209 cm³/mol. The van der Waals surface area contributed by atoms with Gasteiger partial charge in [0.2, 0.25) is 0 Å². The van der Waals surface area contributed by atoms with Crippen LogP contribution in [0.2, 0.25) is 0 Å². The van der Waals surface area contributed by atoms with Gasteiger partial charge in [0.05, 0.1) is 22.4 Å². The summed E-state index contributed by atoms with van der Waals surface area (Å²) in [6.45, 7) is 22.3. The van der Waals surface area contributed by atoms with Gasteiger partial charge in [-0.15, -0.1) is 0 Å². The van der Waals surface area contributed by atoms with E-state index < -0.39 is 0 Å². The number of aryl methyl sites for hydroxylation is 3. The van der Waals surface area contributed by atoms with Crippen molar-refractivity contribution in [3.05, 3.63) is 120 Å². The van der Waals surface area contributed by atoms with Crippen LogP contribution in [0.5, 0.6) is 0 Å². The van der Waals surface area contributed by atoms with Crippen molar-refractivity contribution in [2.24, 2.45) is 0 Å². The molecule has 0 unspecified atom stereocenters. The van der Waals surface area contributed by atoms with Crippen molar-refractivity contribution in [2.75, 3.05) is 0 Å². The Morgan fingerprint density at radius 2 is 0.977 bits per heavy atom. The van der Waals surface area contributed by atoms with Gasteiger partial charge in [-0.25, -0.2) is 9.03 Å². The second-order valence-electron chi connectivity index (χ2n) is 8.27. The van der Waals surface area contributed by atoms with E-state index in [2.05, 4.69) is 133 Å². The van der Waals surface area contributed by atoms with Crippen LogP contribution in [0.15, 0.2) is 103 Å². The monoisotopic (exact) mass is 855 g/mol. The van der Waals surface area contributed by atoms with Crippen LogP contribution in [0, 0.1) is 20.8 Å². The van der Waals surface area contributed by atoms with E-state index in [0.29, 0.717) is 9.47 Å². The van der Waals surface area contributed by atoms with Gasteiger partial charge in [0.15, 0.2) is 0 Å². The number of hydrogen-bond donors (Lipinski definition) is 0. The first-order valence-electron chi connectivity index (χ1n) is 15.5. The van der Waals surface area contributed by atoms with Gasteiger partial charge in [0, 0.05) is 28.1 Å². The zero-order valence-corrected chi connectivity index (χ0v) is 34.0. The summed E-state index contributed by atoms with van der Waals surface area (Å²) in [5.74, 6) is 0.